The van der Waals surface area contributed by atoms with Gasteiger partial charge in [0.2, 0.25) is 17.7 Å². The molecule has 0 aromatic heterocycles. The molecule has 0 unspecified atom stereocenters. The Morgan fingerprint density at radius 3 is 2.34 bits per heavy atom. The lowest BCUT2D eigenvalue weighted by atomic mass is 9.81. The fraction of sp³-hybridized carbons (Fsp3) is 0.591. The van der Waals surface area contributed by atoms with Crippen molar-refractivity contribution in [3.05, 3.63) is 34.9 Å². The highest BCUT2D eigenvalue weighted by atomic mass is 35.5. The molecule has 2 atom stereocenters. The van der Waals surface area contributed by atoms with Crippen LogP contribution in [0.1, 0.15) is 37.7 Å². The van der Waals surface area contributed by atoms with Gasteiger partial charge in [-0.1, -0.05) is 36.6 Å². The number of halogens is 1. The zero-order valence-electron chi connectivity index (χ0n) is 16.7. The van der Waals surface area contributed by atoms with Gasteiger partial charge < -0.3 is 9.80 Å². The van der Waals surface area contributed by atoms with Gasteiger partial charge in [-0.15, -0.1) is 0 Å². The zero-order chi connectivity index (χ0) is 20.4. The highest BCUT2D eigenvalue weighted by Gasteiger charge is 2.47. The third kappa shape index (κ3) is 4.48. The lowest BCUT2D eigenvalue weighted by Crippen LogP contribution is -3.13. The molecule has 2 aliphatic heterocycles. The molecular formula is C22H29ClN3O3+. The van der Waals surface area contributed by atoms with Crippen molar-refractivity contribution in [1.82, 2.24) is 9.80 Å². The van der Waals surface area contributed by atoms with Gasteiger partial charge in [-0.2, -0.15) is 0 Å². The number of nitrogens with zero attached hydrogens (tertiary/aromatic N) is 2. The van der Waals surface area contributed by atoms with E-state index in [1.165, 1.54) is 15.4 Å². The van der Waals surface area contributed by atoms with E-state index in [4.69, 9.17) is 11.6 Å². The number of piperazine rings is 1. The van der Waals surface area contributed by atoms with Gasteiger partial charge in [0.05, 0.1) is 38.0 Å². The van der Waals surface area contributed by atoms with Crippen molar-refractivity contribution in [2.75, 3.05) is 32.7 Å². The minimum absolute atomic E-state index is 0.0438. The molecule has 1 aromatic carbocycles. The van der Waals surface area contributed by atoms with Gasteiger partial charge in [0.1, 0.15) is 6.54 Å². The lowest BCUT2D eigenvalue weighted by Gasteiger charge is -2.32. The normalized spacial score (nSPS) is 25.4. The molecule has 156 valence electrons. The molecule has 1 aliphatic carbocycles. The van der Waals surface area contributed by atoms with Crippen molar-refractivity contribution in [3.63, 3.8) is 0 Å². The van der Waals surface area contributed by atoms with Gasteiger partial charge in [0, 0.05) is 23.6 Å². The Kier molecular flexibility index (Phi) is 6.20. The third-order valence-electron chi connectivity index (χ3n) is 6.65. The van der Waals surface area contributed by atoms with Crippen LogP contribution in [-0.4, -0.2) is 60.2 Å². The maximum absolute atomic E-state index is 12.6. The van der Waals surface area contributed by atoms with E-state index in [0.717, 1.165) is 50.3 Å². The number of carbonyl (C=O) groups is 3. The predicted molar refractivity (Wildman–Crippen MR) is 109 cm³/mol. The van der Waals surface area contributed by atoms with Gasteiger partial charge in [0.25, 0.3) is 0 Å². The number of hydrogen-bond acceptors (Lipinski definition) is 3. The minimum atomic E-state index is -0.134. The maximum Gasteiger partial charge on any atom is 0.233 e. The van der Waals surface area contributed by atoms with Gasteiger partial charge in [-0.05, 0) is 25.0 Å². The Bertz CT molecular complexity index is 767. The summed E-state index contributed by atoms with van der Waals surface area (Å²) >= 11 is 6.06. The van der Waals surface area contributed by atoms with Crippen molar-refractivity contribution in [3.8, 4) is 0 Å². The lowest BCUT2D eigenvalue weighted by molar-refractivity contribution is -0.917. The van der Waals surface area contributed by atoms with Crippen LogP contribution in [-0.2, 0) is 20.9 Å². The van der Waals surface area contributed by atoms with Crippen molar-refractivity contribution in [1.29, 1.82) is 0 Å². The summed E-state index contributed by atoms with van der Waals surface area (Å²) < 4.78 is 0. The first-order chi connectivity index (χ1) is 14.0. The fourth-order valence-electron chi connectivity index (χ4n) is 5.00. The summed E-state index contributed by atoms with van der Waals surface area (Å²) in [7, 11) is 0. The summed E-state index contributed by atoms with van der Waals surface area (Å²) in [6.07, 6.45) is 3.91. The van der Waals surface area contributed by atoms with Crippen LogP contribution in [0.25, 0.3) is 0 Å². The molecule has 6 nitrogen and oxygen atoms in total. The molecule has 4 rings (SSSR count). The van der Waals surface area contributed by atoms with E-state index in [9.17, 15) is 14.4 Å². The molecule has 0 bridgehead atoms. The molecule has 29 heavy (non-hydrogen) atoms. The number of carbonyl (C=O) groups excluding carboxylic acids is 3. The van der Waals surface area contributed by atoms with Crippen LogP contribution < -0.4 is 4.90 Å². The number of benzene rings is 1. The first kappa shape index (κ1) is 20.4. The highest BCUT2D eigenvalue weighted by Crippen LogP contribution is 2.37. The van der Waals surface area contributed by atoms with Gasteiger partial charge in [-0.25, -0.2) is 0 Å². The van der Waals surface area contributed by atoms with Crippen LogP contribution in [0.5, 0.6) is 0 Å². The Labute approximate surface area is 176 Å². The molecule has 1 saturated carbocycles. The number of imide groups is 1. The number of hydrogen-bond donors (Lipinski definition) is 1. The number of amides is 3. The Morgan fingerprint density at radius 2 is 1.72 bits per heavy atom. The van der Waals surface area contributed by atoms with E-state index in [-0.39, 0.29) is 42.5 Å². The topological polar surface area (TPSA) is 62.1 Å². The number of quaternary nitrogens is 1. The molecule has 3 fully saturated rings. The van der Waals surface area contributed by atoms with Crippen molar-refractivity contribution >= 4 is 29.3 Å². The van der Waals surface area contributed by atoms with E-state index in [1.54, 1.807) is 0 Å². The highest BCUT2D eigenvalue weighted by molar-refractivity contribution is 6.30. The molecule has 1 aromatic rings. The third-order valence-corrected chi connectivity index (χ3v) is 6.88. The molecular weight excluding hydrogens is 390 g/mol. The van der Waals surface area contributed by atoms with Crippen LogP contribution in [0.4, 0.5) is 0 Å². The van der Waals surface area contributed by atoms with Crippen LogP contribution >= 0.6 is 11.6 Å². The smallest absolute Gasteiger partial charge is 0.233 e. The molecule has 0 spiro atoms. The zero-order valence-corrected chi connectivity index (χ0v) is 17.5. The number of rotatable bonds is 5. The fourth-order valence-corrected chi connectivity index (χ4v) is 5.21. The van der Waals surface area contributed by atoms with E-state index in [2.05, 4.69) is 6.07 Å². The van der Waals surface area contributed by atoms with Crippen molar-refractivity contribution < 1.29 is 19.3 Å². The average Bonchev–Trinajstić information content (AvgIpc) is 2.97. The summed E-state index contributed by atoms with van der Waals surface area (Å²) in [6.45, 7) is 4.35. The molecule has 3 aliphatic rings. The van der Waals surface area contributed by atoms with E-state index >= 15 is 0 Å². The van der Waals surface area contributed by atoms with Crippen LogP contribution in [0.15, 0.2) is 24.3 Å². The molecule has 3 amide bonds. The summed E-state index contributed by atoms with van der Waals surface area (Å²) in [5.41, 5.74) is 1.21. The molecule has 7 heteroatoms. The number of likely N-dealkylation sites (tertiary alicyclic amines) is 1. The van der Waals surface area contributed by atoms with E-state index < -0.39 is 0 Å². The summed E-state index contributed by atoms with van der Waals surface area (Å²) in [5.74, 6) is -0.330. The summed E-state index contributed by atoms with van der Waals surface area (Å²) in [4.78, 5) is 42.4. The van der Waals surface area contributed by atoms with E-state index in [1.807, 2.05) is 23.1 Å². The minimum Gasteiger partial charge on any atom is -0.331 e. The second-order valence-electron chi connectivity index (χ2n) is 8.51. The van der Waals surface area contributed by atoms with Crippen molar-refractivity contribution in [2.24, 2.45) is 11.8 Å². The first-order valence-corrected chi connectivity index (χ1v) is 11.1. The predicted octanol–water partition coefficient (Wildman–Crippen LogP) is 1.13. The van der Waals surface area contributed by atoms with E-state index in [0.29, 0.717) is 13.1 Å². The Balaban J connectivity index is 1.24. The number of nitrogens with one attached hydrogen (secondary N) is 1. The van der Waals surface area contributed by atoms with Gasteiger partial charge >= 0.3 is 0 Å². The Hall–Kier alpha value is -1.92. The monoisotopic (exact) mass is 418 g/mol. The maximum atomic E-state index is 12.6. The van der Waals surface area contributed by atoms with Gasteiger partial charge in [-0.3, -0.25) is 19.3 Å². The molecule has 1 N–H and O–H groups in total. The van der Waals surface area contributed by atoms with Crippen molar-refractivity contribution in [2.45, 2.75) is 38.6 Å². The quantitative estimate of drug-likeness (QED) is 0.729. The molecule has 2 saturated heterocycles. The standard InChI is InChI=1S/C22H28ClN3O3/c23-17-5-3-4-16(14-17)15-24-10-12-25(13-11-24)20(27)8-9-26-21(28)18-6-1-2-7-19(18)22(26)29/h3-5,14,18-19H,1-2,6-13,15H2/p+1/t18-,19-/m0/s1. The van der Waals surface area contributed by atoms with Crippen LogP contribution in [0.2, 0.25) is 5.02 Å². The number of fused-ring (bicyclic) bond motifs is 1. The average molecular weight is 419 g/mol. The van der Waals surface area contributed by atoms with Crippen LogP contribution in [0.3, 0.4) is 0 Å². The summed E-state index contributed by atoms with van der Waals surface area (Å²) in [6, 6.07) is 7.92. The van der Waals surface area contributed by atoms with Crippen LogP contribution in [0, 0.1) is 11.8 Å². The second-order valence-corrected chi connectivity index (χ2v) is 8.95. The Morgan fingerprint density at radius 1 is 1.07 bits per heavy atom. The first-order valence-electron chi connectivity index (χ1n) is 10.7. The molecule has 0 radical (unpaired) electrons. The van der Waals surface area contributed by atoms with Gasteiger partial charge in [0.15, 0.2) is 0 Å². The largest absolute Gasteiger partial charge is 0.331 e. The molecule has 2 heterocycles. The summed E-state index contributed by atoms with van der Waals surface area (Å²) in [5, 5.41) is 0.751. The SMILES string of the molecule is O=C(CCN1C(=O)[C@H]2CCCC[C@@H]2C1=O)N1CC[NH+](Cc2cccc(Cl)c2)CC1. The second kappa shape index (κ2) is 8.84.